The van der Waals surface area contributed by atoms with Crippen molar-refractivity contribution in [3.05, 3.63) is 151 Å². The molecule has 4 aromatic carbocycles. The van der Waals surface area contributed by atoms with Crippen molar-refractivity contribution < 1.29 is 21.3 Å². The van der Waals surface area contributed by atoms with Crippen LogP contribution in [0.2, 0.25) is 0 Å². The summed E-state index contributed by atoms with van der Waals surface area (Å²) in [7, 11) is 0. The van der Waals surface area contributed by atoms with E-state index in [0.29, 0.717) is 3.63 Å². The zero-order chi connectivity index (χ0) is 32.6. The minimum atomic E-state index is -2.83. The summed E-state index contributed by atoms with van der Waals surface area (Å²) in [5, 5.41) is 0. The minimum absolute atomic E-state index is 0.0930. The van der Waals surface area contributed by atoms with Gasteiger partial charge in [-0.2, -0.15) is 0 Å². The van der Waals surface area contributed by atoms with Gasteiger partial charge in [-0.3, -0.25) is 0 Å². The van der Waals surface area contributed by atoms with Crippen molar-refractivity contribution in [1.82, 2.24) is 0 Å². The summed E-state index contributed by atoms with van der Waals surface area (Å²) in [6.45, 7) is 18.9. The van der Waals surface area contributed by atoms with Crippen LogP contribution in [0.25, 0.3) is 11.1 Å². The average molecular weight is 684 g/mol. The predicted octanol–water partition coefficient (Wildman–Crippen LogP) is 12.4. The molecule has 0 saturated carbocycles. The Kier molecular flexibility index (Phi) is 9.56. The van der Waals surface area contributed by atoms with Crippen LogP contribution in [0, 0.1) is 0 Å². The van der Waals surface area contributed by atoms with E-state index >= 15 is 0 Å². The number of hydrogen-bond donors (Lipinski definition) is 0. The van der Waals surface area contributed by atoms with Crippen LogP contribution in [-0.2, 0) is 32.1 Å². The van der Waals surface area contributed by atoms with Gasteiger partial charge >= 0.3 is 288 Å². The normalized spacial score (nSPS) is 14.7. The second-order valence-corrected chi connectivity index (χ2v) is 21.7. The molecular formula is C45H52Zr. The van der Waals surface area contributed by atoms with Crippen molar-refractivity contribution in [2.45, 2.75) is 102 Å². The van der Waals surface area contributed by atoms with E-state index in [1.807, 2.05) is 3.28 Å². The van der Waals surface area contributed by atoms with Crippen LogP contribution in [0.1, 0.15) is 125 Å². The number of benzene rings is 4. The monoisotopic (exact) mass is 682 g/mol. The Bertz CT molecular complexity index is 1710. The molecule has 4 aromatic rings. The van der Waals surface area contributed by atoms with Crippen molar-refractivity contribution in [3.63, 3.8) is 0 Å². The van der Waals surface area contributed by atoms with Crippen LogP contribution in [0.4, 0.5) is 0 Å². The van der Waals surface area contributed by atoms with E-state index in [0.717, 1.165) is 0 Å². The topological polar surface area (TPSA) is 0 Å². The molecule has 6 rings (SSSR count). The number of rotatable bonds is 8. The van der Waals surface area contributed by atoms with Crippen LogP contribution < -0.4 is 0 Å². The summed E-state index contributed by atoms with van der Waals surface area (Å²) in [6, 6.07) is 37.9. The fourth-order valence-corrected chi connectivity index (χ4v) is 17.3. The molecule has 0 nitrogen and oxygen atoms in total. The summed E-state index contributed by atoms with van der Waals surface area (Å²) >= 11 is -2.83. The number of hydrogen-bond acceptors (Lipinski definition) is 0. The Morgan fingerprint density at radius 3 is 1.54 bits per heavy atom. The first-order chi connectivity index (χ1) is 22.0. The molecule has 0 fully saturated rings. The van der Waals surface area contributed by atoms with Gasteiger partial charge in [0, 0.05) is 0 Å². The summed E-state index contributed by atoms with van der Waals surface area (Å²) in [5.41, 5.74) is 15.3. The van der Waals surface area contributed by atoms with Gasteiger partial charge in [-0.1, -0.05) is 0 Å². The fourth-order valence-electron chi connectivity index (χ4n) is 7.63. The molecule has 0 N–H and O–H groups in total. The van der Waals surface area contributed by atoms with Crippen LogP contribution in [0.5, 0.6) is 0 Å². The molecule has 0 unspecified atom stereocenters. The third kappa shape index (κ3) is 6.47. The van der Waals surface area contributed by atoms with E-state index in [2.05, 4.69) is 159 Å². The number of allylic oxidation sites excluding steroid dienone is 4. The van der Waals surface area contributed by atoms with E-state index in [4.69, 9.17) is 0 Å². The van der Waals surface area contributed by atoms with Gasteiger partial charge in [-0.25, -0.2) is 0 Å². The molecule has 0 aliphatic heterocycles. The second-order valence-electron chi connectivity index (χ2n) is 15.5. The Hall–Kier alpha value is -2.89. The molecule has 0 aromatic heterocycles. The third-order valence-electron chi connectivity index (χ3n) is 10.0. The number of fused-ring (bicyclic) bond motifs is 3. The van der Waals surface area contributed by atoms with Gasteiger partial charge in [0.05, 0.1) is 0 Å². The Labute approximate surface area is 286 Å². The van der Waals surface area contributed by atoms with E-state index in [1.54, 1.807) is 25.5 Å². The zero-order valence-corrected chi connectivity index (χ0v) is 31.9. The molecule has 0 saturated heterocycles. The molecule has 0 amide bonds. The van der Waals surface area contributed by atoms with Crippen LogP contribution in [-0.4, -0.2) is 3.21 Å². The van der Waals surface area contributed by atoms with E-state index in [9.17, 15) is 0 Å². The van der Waals surface area contributed by atoms with Gasteiger partial charge in [0.2, 0.25) is 0 Å². The zero-order valence-electron chi connectivity index (χ0n) is 29.4. The van der Waals surface area contributed by atoms with Gasteiger partial charge in [0.15, 0.2) is 0 Å². The van der Waals surface area contributed by atoms with Crippen molar-refractivity contribution >= 4 is 3.21 Å². The Morgan fingerprint density at radius 1 is 0.630 bits per heavy atom. The van der Waals surface area contributed by atoms with Crippen LogP contribution in [0.15, 0.2) is 118 Å². The van der Waals surface area contributed by atoms with E-state index < -0.39 is 21.3 Å². The summed E-state index contributed by atoms with van der Waals surface area (Å²) in [6.07, 6.45) is 8.60. The molecular weight excluding hydrogens is 632 g/mol. The van der Waals surface area contributed by atoms with Crippen molar-refractivity contribution in [1.29, 1.82) is 0 Å². The van der Waals surface area contributed by atoms with Crippen molar-refractivity contribution in [2.75, 3.05) is 0 Å². The summed E-state index contributed by atoms with van der Waals surface area (Å²) < 4.78 is 3.91. The predicted molar refractivity (Wildman–Crippen MR) is 197 cm³/mol. The van der Waals surface area contributed by atoms with Gasteiger partial charge in [-0.05, 0) is 0 Å². The molecule has 0 radical (unpaired) electrons. The van der Waals surface area contributed by atoms with E-state index in [-0.39, 0.29) is 10.8 Å². The average Bonchev–Trinajstić information content (AvgIpc) is 3.57. The molecule has 0 atom stereocenters. The summed E-state index contributed by atoms with van der Waals surface area (Å²) in [5.74, 6) is 0. The summed E-state index contributed by atoms with van der Waals surface area (Å²) in [4.78, 5) is 0. The second kappa shape index (κ2) is 13.3. The standard InChI is InChI=1S/C21H25.C13H10.C11H17.Zr/c1-20(2,3)16-7-9-18-14(12-16)11-15-13-17(21(4,5)6)8-10-19(15)18;1-3-7-12(8-4-1)11-13-9-5-2-6-10-13;1-3-5-10-7-8-11(9-10)6-4-2;/h7-13H,1-6H3;1-10H;9H,3-7H2,1-2H3;. The van der Waals surface area contributed by atoms with Crippen molar-refractivity contribution in [2.24, 2.45) is 0 Å². The molecule has 2 aliphatic carbocycles. The Balaban J connectivity index is 1.77. The van der Waals surface area contributed by atoms with Crippen LogP contribution in [0.3, 0.4) is 0 Å². The molecule has 46 heavy (non-hydrogen) atoms. The fraction of sp³-hybridized carbons (Fsp3) is 0.356. The van der Waals surface area contributed by atoms with E-state index in [1.165, 1.54) is 65.5 Å². The van der Waals surface area contributed by atoms with Gasteiger partial charge in [0.1, 0.15) is 0 Å². The maximum atomic E-state index is 2.64. The van der Waals surface area contributed by atoms with Gasteiger partial charge in [0.25, 0.3) is 0 Å². The quantitative estimate of drug-likeness (QED) is 0.173. The molecule has 236 valence electrons. The van der Waals surface area contributed by atoms with Gasteiger partial charge < -0.3 is 0 Å². The van der Waals surface area contributed by atoms with Crippen molar-refractivity contribution in [3.8, 4) is 11.1 Å². The molecule has 1 heteroatoms. The Morgan fingerprint density at radius 2 is 1.11 bits per heavy atom. The molecule has 0 spiro atoms. The molecule has 2 aliphatic rings. The molecule has 0 bridgehead atoms. The van der Waals surface area contributed by atoms with Gasteiger partial charge in [-0.15, -0.1) is 0 Å². The SMILES string of the molecule is CCCC1=CC(CCC)=[C]([Zr](=[C](c2ccccc2)c2ccccc2)[CH]2c3cc(C(C)(C)C)ccc3-c3ccc(C(C)(C)C)cc32)C1. The third-order valence-corrected chi connectivity index (χ3v) is 18.5. The maximum absolute atomic E-state index is 2.83. The first kappa shape index (κ1) is 33.0. The first-order valence-electron chi connectivity index (χ1n) is 17.6. The molecule has 0 heterocycles. The van der Waals surface area contributed by atoms with Crippen LogP contribution >= 0.6 is 0 Å². The first-order valence-corrected chi connectivity index (χ1v) is 21.4.